The number of alkyl halides is 3. The van der Waals surface area contributed by atoms with Crippen molar-refractivity contribution in [2.75, 3.05) is 19.0 Å². The third kappa shape index (κ3) is 5.66. The fourth-order valence-electron chi connectivity index (χ4n) is 4.18. The molecule has 0 unspecified atom stereocenters. The van der Waals surface area contributed by atoms with E-state index in [1.54, 1.807) is 11.4 Å². The quantitative estimate of drug-likeness (QED) is 0.251. The molecule has 3 aromatic heterocycles. The number of carbonyl (C=O) groups is 1. The van der Waals surface area contributed by atoms with Gasteiger partial charge in [-0.25, -0.2) is 15.0 Å². The van der Waals surface area contributed by atoms with Crippen molar-refractivity contribution in [2.24, 2.45) is 0 Å². The van der Waals surface area contributed by atoms with E-state index in [1.165, 1.54) is 30.4 Å². The molecule has 1 aromatic carbocycles. The molecule has 0 saturated carbocycles. The Hall–Kier alpha value is -4.34. The van der Waals surface area contributed by atoms with Crippen LogP contribution in [0.4, 0.5) is 19.0 Å². The maximum Gasteiger partial charge on any atom is 0.405 e. The number of fused-ring (bicyclic) bond motifs is 1. The van der Waals surface area contributed by atoms with Crippen LogP contribution in [0, 0.1) is 0 Å². The number of rotatable bonds is 8. The molecule has 1 amide bonds. The largest absolute Gasteiger partial charge is 0.495 e. The molecule has 15 heteroatoms. The number of aliphatic hydroxyl groups is 2. The number of methoxy groups -OCH3 is 1. The lowest BCUT2D eigenvalue weighted by atomic mass is 10.1. The van der Waals surface area contributed by atoms with E-state index >= 15 is 0 Å². The number of ether oxygens (including phenoxy) is 2. The van der Waals surface area contributed by atoms with Crippen LogP contribution in [0.1, 0.15) is 11.8 Å². The lowest BCUT2D eigenvalue weighted by molar-refractivity contribution is -0.149. The van der Waals surface area contributed by atoms with Gasteiger partial charge in [-0.1, -0.05) is 30.3 Å². The van der Waals surface area contributed by atoms with Gasteiger partial charge in [0.05, 0.1) is 19.6 Å². The van der Waals surface area contributed by atoms with Crippen LogP contribution < -0.4 is 15.4 Å². The maximum absolute atomic E-state index is 12.6. The molecule has 12 nitrogen and oxygen atoms in total. The summed E-state index contributed by atoms with van der Waals surface area (Å²) in [6.45, 7) is -1.23. The van der Waals surface area contributed by atoms with Crippen LogP contribution in [0.3, 0.4) is 0 Å². The molecule has 210 valence electrons. The number of aliphatic hydroxyl groups excluding tert-OH is 2. The summed E-state index contributed by atoms with van der Waals surface area (Å²) < 4.78 is 49.8. The number of hydrogen-bond acceptors (Lipinski definition) is 10. The lowest BCUT2D eigenvalue weighted by Crippen LogP contribution is -2.45. The molecule has 5 rings (SSSR count). The van der Waals surface area contributed by atoms with E-state index in [9.17, 15) is 28.2 Å². The molecule has 1 saturated heterocycles. The zero-order chi connectivity index (χ0) is 28.4. The van der Waals surface area contributed by atoms with Gasteiger partial charge in [0.1, 0.15) is 24.5 Å². The van der Waals surface area contributed by atoms with Gasteiger partial charge in [-0.15, -0.1) is 0 Å². The van der Waals surface area contributed by atoms with Crippen LogP contribution in [0.2, 0.25) is 0 Å². The van der Waals surface area contributed by atoms with Gasteiger partial charge in [-0.05, 0) is 11.6 Å². The summed E-state index contributed by atoms with van der Waals surface area (Å²) in [5.41, 5.74) is 1.90. The van der Waals surface area contributed by atoms with Crippen LogP contribution in [0.15, 0.2) is 55.1 Å². The Bertz CT molecular complexity index is 1500. The van der Waals surface area contributed by atoms with Gasteiger partial charge in [0.25, 0.3) is 5.91 Å². The number of imidazole rings is 1. The number of anilines is 1. The predicted octanol–water partition coefficient (Wildman–Crippen LogP) is 1.81. The Morgan fingerprint density at radius 1 is 1.15 bits per heavy atom. The Balaban J connectivity index is 1.51. The number of nitrogens with one attached hydrogen (secondary N) is 2. The molecule has 0 radical (unpaired) electrons. The summed E-state index contributed by atoms with van der Waals surface area (Å²) in [6.07, 6.45) is -7.01. The van der Waals surface area contributed by atoms with E-state index in [4.69, 9.17) is 9.47 Å². The molecule has 1 aliphatic rings. The Kier molecular flexibility index (Phi) is 7.51. The van der Waals surface area contributed by atoms with E-state index in [2.05, 4.69) is 25.3 Å². The summed E-state index contributed by atoms with van der Waals surface area (Å²) in [6, 6.07) is 11.2. The minimum absolute atomic E-state index is 0.163. The first-order valence-corrected chi connectivity index (χ1v) is 12.0. The van der Waals surface area contributed by atoms with Gasteiger partial charge in [0.2, 0.25) is 0 Å². The maximum atomic E-state index is 12.6. The molecule has 1 fully saturated rings. The Labute approximate surface area is 224 Å². The fourth-order valence-corrected chi connectivity index (χ4v) is 4.18. The second-order valence-corrected chi connectivity index (χ2v) is 8.93. The highest BCUT2D eigenvalue weighted by molar-refractivity contribution is 5.85. The van der Waals surface area contributed by atoms with E-state index < -0.39 is 43.2 Å². The molecule has 4 N–H and O–H groups in total. The number of halogens is 3. The van der Waals surface area contributed by atoms with Crippen molar-refractivity contribution in [1.29, 1.82) is 0 Å². The second-order valence-electron chi connectivity index (χ2n) is 8.93. The highest BCUT2D eigenvalue weighted by Crippen LogP contribution is 2.34. The minimum atomic E-state index is -4.66. The predicted molar refractivity (Wildman–Crippen MR) is 134 cm³/mol. The van der Waals surface area contributed by atoms with Gasteiger partial charge >= 0.3 is 6.18 Å². The molecule has 1 aliphatic heterocycles. The zero-order valence-electron chi connectivity index (χ0n) is 20.9. The van der Waals surface area contributed by atoms with Gasteiger partial charge in [-0.3, -0.25) is 14.3 Å². The monoisotopic (exact) mass is 559 g/mol. The van der Waals surface area contributed by atoms with Crippen molar-refractivity contribution in [1.82, 2.24) is 29.8 Å². The number of aromatic nitrogens is 5. The molecular formula is C25H24F3N7O5. The second kappa shape index (κ2) is 11.0. The first-order valence-electron chi connectivity index (χ1n) is 12.0. The minimum Gasteiger partial charge on any atom is -0.495 e. The number of pyridine rings is 1. The molecule has 40 heavy (non-hydrogen) atoms. The Morgan fingerprint density at radius 2 is 1.93 bits per heavy atom. The zero-order valence-corrected chi connectivity index (χ0v) is 20.9. The first kappa shape index (κ1) is 27.2. The van der Waals surface area contributed by atoms with Crippen molar-refractivity contribution in [3.8, 4) is 17.1 Å². The van der Waals surface area contributed by atoms with E-state index in [-0.39, 0.29) is 17.0 Å². The SMILES string of the molecule is COc1cncc(-c2nc(NCc3ccccc3)c3ncn([C@@H]4O[C@H](C(=O)NCC(F)(F)F)[C@@H](O)[C@H]4O)c3n2)c1. The molecule has 4 atom stereocenters. The van der Waals surface area contributed by atoms with Crippen molar-refractivity contribution >= 4 is 22.9 Å². The highest BCUT2D eigenvalue weighted by Gasteiger charge is 2.48. The van der Waals surface area contributed by atoms with Gasteiger partial charge in [0.15, 0.2) is 35.1 Å². The molecule has 0 spiro atoms. The molecular weight excluding hydrogens is 535 g/mol. The molecule has 4 heterocycles. The van der Waals surface area contributed by atoms with Crippen molar-refractivity contribution in [3.05, 3.63) is 60.7 Å². The summed E-state index contributed by atoms with van der Waals surface area (Å²) in [5.74, 6) is -0.223. The number of nitrogens with zero attached hydrogens (tertiary/aromatic N) is 5. The standard InChI is InChI=1S/C25H24F3N7O5/c1-39-15-7-14(9-29-10-15)20-33-21(30-8-13-5-3-2-4-6-13)16-22(34-20)35(12-32-16)24-18(37)17(36)19(40-24)23(38)31-11-25(26,27)28/h2-7,9-10,12,17-19,24,36-37H,8,11H2,1H3,(H,31,38)(H,30,33,34)/t17-,18+,19-,24+/m0/s1. The number of benzene rings is 1. The van der Waals surface area contributed by atoms with Crippen LogP contribution in [0.25, 0.3) is 22.6 Å². The van der Waals surface area contributed by atoms with E-state index in [0.29, 0.717) is 23.7 Å². The van der Waals surface area contributed by atoms with Crippen molar-refractivity contribution < 1.29 is 37.7 Å². The highest BCUT2D eigenvalue weighted by atomic mass is 19.4. The third-order valence-electron chi connectivity index (χ3n) is 6.17. The smallest absolute Gasteiger partial charge is 0.405 e. The van der Waals surface area contributed by atoms with E-state index in [0.717, 1.165) is 5.56 Å². The van der Waals surface area contributed by atoms with Crippen LogP contribution >= 0.6 is 0 Å². The fraction of sp³-hybridized carbons (Fsp3) is 0.320. The van der Waals surface area contributed by atoms with Gasteiger partial charge < -0.3 is 30.3 Å². The average Bonchev–Trinajstić information content (AvgIpc) is 3.51. The third-order valence-corrected chi connectivity index (χ3v) is 6.17. The first-order chi connectivity index (χ1) is 19.1. The molecule has 0 aliphatic carbocycles. The van der Waals surface area contributed by atoms with Gasteiger partial charge in [-0.2, -0.15) is 13.2 Å². The van der Waals surface area contributed by atoms with Crippen LogP contribution in [-0.4, -0.2) is 78.8 Å². The summed E-state index contributed by atoms with van der Waals surface area (Å²) in [7, 11) is 1.48. The van der Waals surface area contributed by atoms with Crippen molar-refractivity contribution in [2.45, 2.75) is 37.3 Å². The summed E-state index contributed by atoms with van der Waals surface area (Å²) in [4.78, 5) is 30.0. The molecule has 4 aromatic rings. The summed E-state index contributed by atoms with van der Waals surface area (Å²) >= 11 is 0. The van der Waals surface area contributed by atoms with Crippen LogP contribution in [-0.2, 0) is 16.1 Å². The number of hydrogen-bond donors (Lipinski definition) is 4. The van der Waals surface area contributed by atoms with Crippen molar-refractivity contribution in [3.63, 3.8) is 0 Å². The Morgan fingerprint density at radius 3 is 2.65 bits per heavy atom. The topological polar surface area (TPSA) is 157 Å². The van der Waals surface area contributed by atoms with E-state index in [1.807, 2.05) is 30.3 Å². The number of amides is 1. The normalized spacial score (nSPS) is 20.9. The molecule has 0 bridgehead atoms. The lowest BCUT2D eigenvalue weighted by Gasteiger charge is -2.17. The summed E-state index contributed by atoms with van der Waals surface area (Å²) in [5, 5.41) is 26.0. The average molecular weight is 560 g/mol. The van der Waals surface area contributed by atoms with Crippen LogP contribution in [0.5, 0.6) is 5.75 Å². The number of carbonyl (C=O) groups excluding carboxylic acids is 1. The van der Waals surface area contributed by atoms with Gasteiger partial charge in [0, 0.05) is 18.3 Å².